The summed E-state index contributed by atoms with van der Waals surface area (Å²) in [5, 5.41) is 7.33. The molecule has 2 heterocycles. The lowest BCUT2D eigenvalue weighted by Gasteiger charge is -2.11. The molecule has 11 heteroatoms. The zero-order valence-electron chi connectivity index (χ0n) is 19.2. The number of rotatable bonds is 9. The van der Waals surface area contributed by atoms with Crippen LogP contribution in [0.25, 0.3) is 16.6 Å². The first-order valence-corrected chi connectivity index (χ1v) is 10.8. The fraction of sp³-hybridized carbons (Fsp3) is 0.208. The summed E-state index contributed by atoms with van der Waals surface area (Å²) in [6.07, 6.45) is 3.77. The molecule has 0 radical (unpaired) electrons. The van der Waals surface area contributed by atoms with Gasteiger partial charge < -0.3 is 20.5 Å². The highest BCUT2D eigenvalue weighted by atomic mass is 16.5. The molecule has 2 aromatic heterocycles. The van der Waals surface area contributed by atoms with Gasteiger partial charge in [-0.2, -0.15) is 5.10 Å². The molecule has 0 saturated heterocycles. The van der Waals surface area contributed by atoms with Gasteiger partial charge in [-0.3, -0.25) is 19.0 Å². The molecule has 11 nitrogen and oxygen atoms in total. The van der Waals surface area contributed by atoms with Crippen molar-refractivity contribution in [3.05, 3.63) is 71.0 Å². The SMILES string of the molecule is COc1cc2ncn(CCCC(=O)Nc3ccc(-n4ccc(C(N)=O)n4)cc3)c(=O)c2cc1OC. The number of nitrogens with one attached hydrogen (secondary N) is 1. The second kappa shape index (κ2) is 10.1. The van der Waals surface area contributed by atoms with Crippen molar-refractivity contribution in [3.63, 3.8) is 0 Å². The molecule has 0 saturated carbocycles. The van der Waals surface area contributed by atoms with Crippen LogP contribution in [-0.4, -0.2) is 45.4 Å². The minimum atomic E-state index is -0.602. The van der Waals surface area contributed by atoms with E-state index in [0.29, 0.717) is 46.7 Å². The number of carbonyl (C=O) groups excluding carboxylic acids is 2. The van der Waals surface area contributed by atoms with Crippen molar-refractivity contribution in [2.24, 2.45) is 5.73 Å². The molecule has 0 spiro atoms. The summed E-state index contributed by atoms with van der Waals surface area (Å²) < 4.78 is 13.5. The molecule has 2 amide bonds. The van der Waals surface area contributed by atoms with Crippen molar-refractivity contribution in [1.29, 1.82) is 0 Å². The standard InChI is InChI=1S/C24H24N6O5/c1-34-20-12-17-19(13-21(20)35-2)26-14-29(24(17)33)10-3-4-22(31)27-15-5-7-16(8-6-15)30-11-9-18(28-30)23(25)32/h5-9,11-14H,3-4,10H2,1-2H3,(H2,25,32)(H,27,31). The smallest absolute Gasteiger partial charge is 0.269 e. The van der Waals surface area contributed by atoms with Crippen molar-refractivity contribution >= 4 is 28.4 Å². The molecule has 4 aromatic rings. The van der Waals surface area contributed by atoms with Gasteiger partial charge in [0.05, 0.1) is 37.1 Å². The summed E-state index contributed by atoms with van der Waals surface area (Å²) in [4.78, 5) is 40.7. The molecule has 2 aromatic carbocycles. The zero-order chi connectivity index (χ0) is 24.9. The lowest BCUT2D eigenvalue weighted by atomic mass is 10.2. The Morgan fingerprint density at radius 2 is 1.77 bits per heavy atom. The Balaban J connectivity index is 1.35. The number of nitrogens with zero attached hydrogens (tertiary/aromatic N) is 4. The molecule has 180 valence electrons. The van der Waals surface area contributed by atoms with E-state index in [0.717, 1.165) is 0 Å². The predicted molar refractivity (Wildman–Crippen MR) is 129 cm³/mol. The number of primary amides is 1. The third-order valence-corrected chi connectivity index (χ3v) is 5.39. The van der Waals surface area contributed by atoms with Gasteiger partial charge >= 0.3 is 0 Å². The van der Waals surface area contributed by atoms with Crippen molar-refractivity contribution < 1.29 is 19.1 Å². The number of benzene rings is 2. The fourth-order valence-corrected chi connectivity index (χ4v) is 3.57. The normalized spacial score (nSPS) is 10.8. The van der Waals surface area contributed by atoms with E-state index in [9.17, 15) is 14.4 Å². The molecule has 0 bridgehead atoms. The Labute approximate surface area is 200 Å². The first-order chi connectivity index (χ1) is 16.9. The number of aryl methyl sites for hydroxylation is 1. The molecule has 0 atom stereocenters. The lowest BCUT2D eigenvalue weighted by molar-refractivity contribution is -0.116. The van der Waals surface area contributed by atoms with Gasteiger partial charge in [0.15, 0.2) is 11.5 Å². The highest BCUT2D eigenvalue weighted by molar-refractivity contribution is 5.91. The summed E-state index contributed by atoms with van der Waals surface area (Å²) in [5.74, 6) is 0.160. The van der Waals surface area contributed by atoms with E-state index in [4.69, 9.17) is 15.2 Å². The summed E-state index contributed by atoms with van der Waals surface area (Å²) in [6, 6.07) is 11.8. The fourth-order valence-electron chi connectivity index (χ4n) is 3.57. The highest BCUT2D eigenvalue weighted by Gasteiger charge is 2.12. The maximum absolute atomic E-state index is 12.8. The minimum Gasteiger partial charge on any atom is -0.493 e. The Morgan fingerprint density at radius 3 is 2.43 bits per heavy atom. The quantitative estimate of drug-likeness (QED) is 0.377. The maximum atomic E-state index is 12.8. The minimum absolute atomic E-state index is 0.168. The number of amides is 2. The van der Waals surface area contributed by atoms with Gasteiger partial charge in [-0.15, -0.1) is 0 Å². The number of anilines is 1. The molecule has 4 rings (SSSR count). The van der Waals surface area contributed by atoms with Crippen LogP contribution in [0.15, 0.2) is 59.8 Å². The maximum Gasteiger partial charge on any atom is 0.269 e. The Kier molecular flexibility index (Phi) is 6.76. The van der Waals surface area contributed by atoms with Crippen molar-refractivity contribution in [2.45, 2.75) is 19.4 Å². The van der Waals surface area contributed by atoms with Crippen LogP contribution in [0.4, 0.5) is 5.69 Å². The number of ether oxygens (including phenoxy) is 2. The van der Waals surface area contributed by atoms with Crippen LogP contribution in [-0.2, 0) is 11.3 Å². The summed E-state index contributed by atoms with van der Waals surface area (Å²) >= 11 is 0. The average Bonchev–Trinajstić information content (AvgIpc) is 3.36. The van der Waals surface area contributed by atoms with Crippen LogP contribution in [0.3, 0.4) is 0 Å². The first kappa shape index (κ1) is 23.5. The van der Waals surface area contributed by atoms with Gasteiger partial charge in [0.25, 0.3) is 11.5 Å². The molecule has 0 aliphatic carbocycles. The number of fused-ring (bicyclic) bond motifs is 1. The molecule has 0 unspecified atom stereocenters. The number of hydrogen-bond donors (Lipinski definition) is 2. The largest absolute Gasteiger partial charge is 0.493 e. The van der Waals surface area contributed by atoms with Gasteiger partial charge in [0.2, 0.25) is 5.91 Å². The molecule has 0 aliphatic rings. The molecular weight excluding hydrogens is 452 g/mol. The topological polar surface area (TPSA) is 143 Å². The van der Waals surface area contributed by atoms with E-state index < -0.39 is 5.91 Å². The summed E-state index contributed by atoms with van der Waals surface area (Å²) in [5.41, 5.74) is 7.01. The van der Waals surface area contributed by atoms with Crippen LogP contribution >= 0.6 is 0 Å². The van der Waals surface area contributed by atoms with Crippen LogP contribution < -0.4 is 26.1 Å². The van der Waals surface area contributed by atoms with Crippen LogP contribution in [0.2, 0.25) is 0 Å². The number of aromatic nitrogens is 4. The Hall–Kier alpha value is -4.67. The molecule has 0 aliphatic heterocycles. The summed E-state index contributed by atoms with van der Waals surface area (Å²) in [7, 11) is 3.02. The van der Waals surface area contributed by atoms with Crippen molar-refractivity contribution in [3.8, 4) is 17.2 Å². The third-order valence-electron chi connectivity index (χ3n) is 5.39. The number of nitrogens with two attached hydrogens (primary N) is 1. The summed E-state index contributed by atoms with van der Waals surface area (Å²) in [6.45, 7) is 0.337. The second-order valence-electron chi connectivity index (χ2n) is 7.68. The number of hydrogen-bond acceptors (Lipinski definition) is 7. The van der Waals surface area contributed by atoms with Crippen LogP contribution in [0.5, 0.6) is 11.5 Å². The van der Waals surface area contributed by atoms with Gasteiger partial charge in [0.1, 0.15) is 5.69 Å². The monoisotopic (exact) mass is 476 g/mol. The van der Waals surface area contributed by atoms with Crippen molar-refractivity contribution in [2.75, 3.05) is 19.5 Å². The van der Waals surface area contributed by atoms with Crippen LogP contribution in [0.1, 0.15) is 23.3 Å². The van der Waals surface area contributed by atoms with E-state index in [1.807, 2.05) is 0 Å². The lowest BCUT2D eigenvalue weighted by Crippen LogP contribution is -2.22. The van der Waals surface area contributed by atoms with Gasteiger partial charge in [0, 0.05) is 30.9 Å². The Morgan fingerprint density at radius 1 is 1.06 bits per heavy atom. The van der Waals surface area contributed by atoms with Gasteiger partial charge in [-0.05, 0) is 42.8 Å². The molecule has 35 heavy (non-hydrogen) atoms. The predicted octanol–water partition coefficient (Wildman–Crippen LogP) is 2.12. The number of methoxy groups -OCH3 is 2. The molecular formula is C24H24N6O5. The zero-order valence-corrected chi connectivity index (χ0v) is 19.2. The highest BCUT2D eigenvalue weighted by Crippen LogP contribution is 2.29. The van der Waals surface area contributed by atoms with E-state index in [2.05, 4.69) is 15.4 Å². The van der Waals surface area contributed by atoms with Crippen molar-refractivity contribution in [1.82, 2.24) is 19.3 Å². The second-order valence-corrected chi connectivity index (χ2v) is 7.68. The van der Waals surface area contributed by atoms with Gasteiger partial charge in [-0.25, -0.2) is 9.67 Å². The average molecular weight is 476 g/mol. The Bertz CT molecular complexity index is 1440. The van der Waals surface area contributed by atoms with E-state index in [1.165, 1.54) is 35.9 Å². The third kappa shape index (κ3) is 5.13. The molecule has 3 N–H and O–H groups in total. The number of carbonyl (C=O) groups is 2. The van der Waals surface area contributed by atoms with E-state index >= 15 is 0 Å². The first-order valence-electron chi connectivity index (χ1n) is 10.8. The van der Waals surface area contributed by atoms with E-state index in [-0.39, 0.29) is 23.6 Å². The van der Waals surface area contributed by atoms with Crippen LogP contribution in [0, 0.1) is 0 Å². The van der Waals surface area contributed by atoms with Gasteiger partial charge in [-0.1, -0.05) is 0 Å². The van der Waals surface area contributed by atoms with E-state index in [1.54, 1.807) is 42.6 Å². The molecule has 0 fully saturated rings.